The van der Waals surface area contributed by atoms with E-state index in [4.69, 9.17) is 9.47 Å². The second-order valence-electron chi connectivity index (χ2n) is 3.74. The number of rotatable bonds is 4. The summed E-state index contributed by atoms with van der Waals surface area (Å²) in [5.74, 6) is -2.21. The van der Waals surface area contributed by atoms with Crippen LogP contribution in [-0.4, -0.2) is 12.0 Å². The zero-order valence-electron chi connectivity index (χ0n) is 10.3. The molecule has 0 radical (unpaired) electrons. The van der Waals surface area contributed by atoms with E-state index in [9.17, 15) is 18.9 Å². The minimum absolute atomic E-state index is 0.0450. The Hall–Kier alpha value is -2.70. The lowest BCUT2D eigenvalue weighted by molar-refractivity contribution is -0.385. The van der Waals surface area contributed by atoms with Crippen molar-refractivity contribution in [2.45, 2.75) is 0 Å². The molecule has 2 rings (SSSR count). The number of para-hydroxylation sites is 1. The van der Waals surface area contributed by atoms with Crippen molar-refractivity contribution < 1.29 is 23.2 Å². The second-order valence-corrected chi connectivity index (χ2v) is 3.74. The molecule has 2 aromatic carbocycles. The van der Waals surface area contributed by atoms with E-state index < -0.39 is 28.0 Å². The van der Waals surface area contributed by atoms with Gasteiger partial charge < -0.3 is 9.47 Å². The van der Waals surface area contributed by atoms with Gasteiger partial charge in [0.15, 0.2) is 11.6 Å². The van der Waals surface area contributed by atoms with Crippen LogP contribution < -0.4 is 9.47 Å². The summed E-state index contributed by atoms with van der Waals surface area (Å²) < 4.78 is 36.9. The van der Waals surface area contributed by atoms with Gasteiger partial charge in [0.25, 0.3) is 0 Å². The molecule has 5 nitrogen and oxygen atoms in total. The number of ether oxygens (including phenoxy) is 2. The van der Waals surface area contributed by atoms with Crippen LogP contribution in [0.15, 0.2) is 36.4 Å². The molecule has 0 spiro atoms. The second kappa shape index (κ2) is 5.52. The SMILES string of the molecule is COc1cccc(F)c1Oc1cc(F)ccc1[N+](=O)[O-]. The summed E-state index contributed by atoms with van der Waals surface area (Å²) in [4.78, 5) is 10.1. The van der Waals surface area contributed by atoms with E-state index in [0.29, 0.717) is 0 Å². The van der Waals surface area contributed by atoms with Gasteiger partial charge in [0.2, 0.25) is 11.5 Å². The van der Waals surface area contributed by atoms with Gasteiger partial charge in [0.05, 0.1) is 12.0 Å². The Morgan fingerprint density at radius 1 is 1.15 bits per heavy atom. The fraction of sp³-hybridized carbons (Fsp3) is 0.0769. The van der Waals surface area contributed by atoms with Gasteiger partial charge in [-0.2, -0.15) is 0 Å². The quantitative estimate of drug-likeness (QED) is 0.633. The highest BCUT2D eigenvalue weighted by Crippen LogP contribution is 2.38. The monoisotopic (exact) mass is 281 g/mol. The molecule has 20 heavy (non-hydrogen) atoms. The average Bonchev–Trinajstić information content (AvgIpc) is 2.40. The molecule has 104 valence electrons. The molecule has 0 fully saturated rings. The minimum atomic E-state index is -0.775. The highest BCUT2D eigenvalue weighted by molar-refractivity contribution is 5.51. The summed E-state index contributed by atoms with van der Waals surface area (Å²) in [6.07, 6.45) is 0. The molecular formula is C13H9F2NO4. The fourth-order valence-electron chi connectivity index (χ4n) is 1.58. The number of halogens is 2. The lowest BCUT2D eigenvalue weighted by Crippen LogP contribution is -1.97. The molecule has 0 amide bonds. The van der Waals surface area contributed by atoms with E-state index >= 15 is 0 Å². The van der Waals surface area contributed by atoms with Crippen molar-refractivity contribution >= 4 is 5.69 Å². The van der Waals surface area contributed by atoms with E-state index in [-0.39, 0.29) is 11.5 Å². The standard InChI is InChI=1S/C13H9F2NO4/c1-19-11-4-2-3-9(15)13(11)20-12-7-8(14)5-6-10(12)16(17)18/h2-7H,1H3. The number of nitro benzene ring substituents is 1. The normalized spacial score (nSPS) is 10.2. The number of hydrogen-bond acceptors (Lipinski definition) is 4. The number of methoxy groups -OCH3 is 1. The third-order valence-electron chi connectivity index (χ3n) is 2.48. The molecule has 0 bridgehead atoms. The molecule has 0 aromatic heterocycles. The molecule has 7 heteroatoms. The van der Waals surface area contributed by atoms with Crippen molar-refractivity contribution in [3.05, 3.63) is 58.1 Å². The molecule has 0 saturated carbocycles. The van der Waals surface area contributed by atoms with Crippen molar-refractivity contribution in [3.63, 3.8) is 0 Å². The summed E-state index contributed by atoms with van der Waals surface area (Å²) in [5.41, 5.74) is -0.475. The van der Waals surface area contributed by atoms with Crippen LogP contribution in [0.3, 0.4) is 0 Å². The summed E-state index contributed by atoms with van der Waals surface area (Å²) in [6.45, 7) is 0. The molecule has 0 unspecified atom stereocenters. The lowest BCUT2D eigenvalue weighted by atomic mass is 10.2. The van der Waals surface area contributed by atoms with Gasteiger partial charge in [0, 0.05) is 12.1 Å². The smallest absolute Gasteiger partial charge is 0.311 e. The predicted molar refractivity (Wildman–Crippen MR) is 66.1 cm³/mol. The van der Waals surface area contributed by atoms with Gasteiger partial charge in [-0.1, -0.05) is 6.07 Å². The largest absolute Gasteiger partial charge is 0.493 e. The summed E-state index contributed by atoms with van der Waals surface area (Å²) in [6, 6.07) is 6.58. The Bertz CT molecular complexity index is 661. The van der Waals surface area contributed by atoms with E-state index in [2.05, 4.69) is 0 Å². The van der Waals surface area contributed by atoms with Crippen molar-refractivity contribution in [1.29, 1.82) is 0 Å². The maximum Gasteiger partial charge on any atom is 0.311 e. The van der Waals surface area contributed by atoms with Crippen molar-refractivity contribution in [3.8, 4) is 17.2 Å². The van der Waals surface area contributed by atoms with E-state index in [1.165, 1.54) is 19.2 Å². The zero-order valence-corrected chi connectivity index (χ0v) is 10.3. The van der Waals surface area contributed by atoms with Crippen LogP contribution in [0.5, 0.6) is 17.2 Å². The number of nitrogens with zero attached hydrogens (tertiary/aromatic N) is 1. The first-order chi connectivity index (χ1) is 9.52. The topological polar surface area (TPSA) is 61.6 Å². The Kier molecular flexibility index (Phi) is 3.79. The third kappa shape index (κ3) is 2.66. The van der Waals surface area contributed by atoms with Gasteiger partial charge in [-0.25, -0.2) is 8.78 Å². The molecular weight excluding hydrogens is 272 g/mol. The predicted octanol–water partition coefficient (Wildman–Crippen LogP) is 3.67. The van der Waals surface area contributed by atoms with Gasteiger partial charge in [-0.3, -0.25) is 10.1 Å². The van der Waals surface area contributed by atoms with Gasteiger partial charge >= 0.3 is 5.69 Å². The van der Waals surface area contributed by atoms with E-state index in [1.807, 2.05) is 0 Å². The number of nitro groups is 1. The van der Waals surface area contributed by atoms with Gasteiger partial charge in [-0.15, -0.1) is 0 Å². The summed E-state index contributed by atoms with van der Waals surface area (Å²) in [5, 5.41) is 10.8. The minimum Gasteiger partial charge on any atom is -0.493 e. The summed E-state index contributed by atoms with van der Waals surface area (Å²) >= 11 is 0. The van der Waals surface area contributed by atoms with Crippen LogP contribution in [0.4, 0.5) is 14.5 Å². The molecule has 2 aromatic rings. The first-order valence-electron chi connectivity index (χ1n) is 5.47. The molecule has 0 aliphatic carbocycles. The third-order valence-corrected chi connectivity index (χ3v) is 2.48. The van der Waals surface area contributed by atoms with Gasteiger partial charge in [-0.05, 0) is 18.2 Å². The van der Waals surface area contributed by atoms with E-state index in [0.717, 1.165) is 24.3 Å². The highest BCUT2D eigenvalue weighted by atomic mass is 19.1. The van der Waals surface area contributed by atoms with E-state index in [1.54, 1.807) is 0 Å². The summed E-state index contributed by atoms with van der Waals surface area (Å²) in [7, 11) is 1.29. The van der Waals surface area contributed by atoms with Crippen LogP contribution in [0.2, 0.25) is 0 Å². The van der Waals surface area contributed by atoms with Gasteiger partial charge in [0.1, 0.15) is 5.82 Å². The van der Waals surface area contributed by atoms with Crippen LogP contribution >= 0.6 is 0 Å². The molecule has 0 heterocycles. The maximum absolute atomic E-state index is 13.7. The maximum atomic E-state index is 13.7. The van der Waals surface area contributed by atoms with Crippen LogP contribution in [0.1, 0.15) is 0 Å². The zero-order chi connectivity index (χ0) is 14.7. The van der Waals surface area contributed by atoms with Crippen LogP contribution in [0.25, 0.3) is 0 Å². The Labute approximate surface area is 112 Å². The van der Waals surface area contributed by atoms with Crippen molar-refractivity contribution in [2.24, 2.45) is 0 Å². The molecule has 0 N–H and O–H groups in total. The fourth-order valence-corrected chi connectivity index (χ4v) is 1.58. The molecule has 0 saturated heterocycles. The van der Waals surface area contributed by atoms with Crippen molar-refractivity contribution in [1.82, 2.24) is 0 Å². The average molecular weight is 281 g/mol. The first kappa shape index (κ1) is 13.7. The van der Waals surface area contributed by atoms with Crippen molar-refractivity contribution in [2.75, 3.05) is 7.11 Å². The lowest BCUT2D eigenvalue weighted by Gasteiger charge is -2.11. The molecule has 0 aliphatic rings. The molecule has 0 aliphatic heterocycles. The highest BCUT2D eigenvalue weighted by Gasteiger charge is 2.20. The number of benzene rings is 2. The van der Waals surface area contributed by atoms with Crippen LogP contribution in [-0.2, 0) is 0 Å². The Morgan fingerprint density at radius 3 is 2.55 bits per heavy atom. The Morgan fingerprint density at radius 2 is 1.90 bits per heavy atom. The Balaban J connectivity index is 2.50. The first-order valence-corrected chi connectivity index (χ1v) is 5.47. The van der Waals surface area contributed by atoms with Crippen LogP contribution in [0, 0.1) is 21.7 Å². The molecule has 0 atom stereocenters. The number of hydrogen-bond donors (Lipinski definition) is 0.